The zero-order valence-electron chi connectivity index (χ0n) is 45.8. The molecule has 3 atom stereocenters. The van der Waals surface area contributed by atoms with Crippen molar-refractivity contribution >= 4 is 28.8 Å². The van der Waals surface area contributed by atoms with Crippen molar-refractivity contribution in [2.45, 2.75) is 195 Å². The van der Waals surface area contributed by atoms with Crippen molar-refractivity contribution in [1.29, 1.82) is 0 Å². The molecule has 0 N–H and O–H groups in total. The number of hydrogen-bond acceptors (Lipinski definition) is 4. The zero-order valence-corrected chi connectivity index (χ0v) is 46.7. The largest absolute Gasteiger partial charge is 0.322 e. The Morgan fingerprint density at radius 1 is 0.457 bits per heavy atom. The first-order chi connectivity index (χ1) is 33.1. The number of aromatic nitrogens is 6. The second kappa shape index (κ2) is 22.9. The van der Waals surface area contributed by atoms with E-state index in [-0.39, 0.29) is 32.9 Å². The topological polar surface area (TPSA) is 66.5 Å². The molecule has 3 aromatic heterocycles. The summed E-state index contributed by atoms with van der Waals surface area (Å²) in [5, 5.41) is 1.09. The highest BCUT2D eigenvalue weighted by atomic mass is 32.2. The van der Waals surface area contributed by atoms with Crippen LogP contribution in [0.2, 0.25) is 0 Å². The van der Waals surface area contributed by atoms with E-state index in [4.69, 9.17) is 24.7 Å². The third-order valence-electron chi connectivity index (χ3n) is 13.4. The number of fused-ring (bicyclic) bond motifs is 3. The lowest BCUT2D eigenvalue weighted by molar-refractivity contribution is 0.288. The molecule has 70 heavy (non-hydrogen) atoms. The van der Waals surface area contributed by atoms with E-state index in [1.54, 1.807) is 0 Å². The van der Waals surface area contributed by atoms with Crippen molar-refractivity contribution < 1.29 is 0 Å². The third-order valence-corrected chi connectivity index (χ3v) is 14.7. The number of hydrogen-bond donors (Lipinski definition) is 0. The number of nitrogens with zero attached hydrogens (tertiary/aromatic N) is 9. The molecule has 0 fully saturated rings. The van der Waals surface area contributed by atoms with Crippen LogP contribution in [0.1, 0.15) is 189 Å². The lowest BCUT2D eigenvalue weighted by Gasteiger charge is -2.40. The molecule has 6 aromatic rings. The highest BCUT2D eigenvalue weighted by molar-refractivity contribution is 7.99. The van der Waals surface area contributed by atoms with Crippen LogP contribution in [0.4, 0.5) is 17.1 Å². The Morgan fingerprint density at radius 2 is 0.786 bits per heavy atom. The van der Waals surface area contributed by atoms with Crippen LogP contribution in [-0.4, -0.2) is 34.4 Å². The second-order valence-corrected chi connectivity index (χ2v) is 22.2. The Balaban J connectivity index is 0.000000217. The van der Waals surface area contributed by atoms with Gasteiger partial charge in [-0.1, -0.05) is 188 Å². The molecule has 372 valence electrons. The summed E-state index contributed by atoms with van der Waals surface area (Å²) in [6.45, 7) is 60.3. The molecule has 9 nitrogen and oxygen atoms in total. The van der Waals surface area contributed by atoms with Crippen molar-refractivity contribution in [3.63, 3.8) is 0 Å². The van der Waals surface area contributed by atoms with Crippen molar-refractivity contribution in [2.75, 3.05) is 5.75 Å². The van der Waals surface area contributed by atoms with Gasteiger partial charge in [0.05, 0.1) is 36.3 Å². The molecule has 3 aliphatic rings. The van der Waals surface area contributed by atoms with E-state index < -0.39 is 0 Å². The molecule has 3 aromatic carbocycles. The molecule has 3 aliphatic heterocycles. The maximum absolute atomic E-state index is 7.13. The number of benzene rings is 3. The number of rotatable bonds is 3. The van der Waals surface area contributed by atoms with Gasteiger partial charge in [-0.05, 0) is 56.7 Å². The fourth-order valence-electron chi connectivity index (χ4n) is 9.62. The zero-order chi connectivity index (χ0) is 52.5. The minimum Gasteiger partial charge on any atom is -0.322 e. The standard InChI is InChI=1S/C19H23N3.C18H21N3.C17H19N3S.3C2H6/c1-18(2,3)16-13-21-17-7-6-12-19(4,22(16)17)14-8-10-15(20-5)11-9-14;1-17(2,3)15-12-20-16-10-11-18(4,21(15)16)13-6-8-14(19-5)9-7-13;1-16(2,3)14-10-19-15-20(14)17(4,11-21-15)12-6-8-13(18-5)9-7-12;3*1-2/h8-11,13H,6-7,12H2,1-4H3;6-9,12H,10-11H2,1-4H3;6-10H,11H2,1-4H3;3*1-2H3. The summed E-state index contributed by atoms with van der Waals surface area (Å²) in [4.78, 5) is 24.4. The van der Waals surface area contributed by atoms with Gasteiger partial charge in [0.2, 0.25) is 0 Å². The van der Waals surface area contributed by atoms with Crippen molar-refractivity contribution in [3.8, 4) is 0 Å². The van der Waals surface area contributed by atoms with E-state index in [0.29, 0.717) is 17.1 Å². The van der Waals surface area contributed by atoms with Gasteiger partial charge in [0, 0.05) is 70.5 Å². The maximum atomic E-state index is 7.13. The molecule has 0 saturated carbocycles. The van der Waals surface area contributed by atoms with Gasteiger partial charge in [-0.2, -0.15) is 0 Å². The van der Waals surface area contributed by atoms with Crippen molar-refractivity contribution in [3.05, 3.63) is 171 Å². The molecular weight excluding hydrogens is 879 g/mol. The van der Waals surface area contributed by atoms with Gasteiger partial charge in [-0.3, -0.25) is 0 Å². The van der Waals surface area contributed by atoms with Crippen LogP contribution in [0.5, 0.6) is 0 Å². The van der Waals surface area contributed by atoms with Crippen LogP contribution >= 0.6 is 11.8 Å². The Bertz CT molecular complexity index is 2640. The predicted molar refractivity (Wildman–Crippen MR) is 295 cm³/mol. The fraction of sp³-hybridized carbons (Fsp3) is 0.500. The van der Waals surface area contributed by atoms with Gasteiger partial charge in [0.15, 0.2) is 22.2 Å². The second-order valence-electron chi connectivity index (χ2n) is 21.2. The number of thioether (sulfide) groups is 1. The van der Waals surface area contributed by atoms with Gasteiger partial charge >= 0.3 is 0 Å². The molecule has 0 saturated heterocycles. The van der Waals surface area contributed by atoms with E-state index in [0.717, 1.165) is 43.0 Å². The molecule has 9 rings (SSSR count). The Kier molecular flexibility index (Phi) is 18.5. The first kappa shape index (κ1) is 56.7. The molecule has 3 unspecified atom stereocenters. The van der Waals surface area contributed by atoms with Crippen LogP contribution in [0.25, 0.3) is 14.5 Å². The molecular formula is C60H81N9S. The highest BCUT2D eigenvalue weighted by Crippen LogP contribution is 2.46. The number of imidazole rings is 3. The average molecular weight is 960 g/mol. The summed E-state index contributed by atoms with van der Waals surface area (Å²) in [6.07, 6.45) is 11.5. The van der Waals surface area contributed by atoms with Gasteiger partial charge < -0.3 is 13.7 Å². The summed E-state index contributed by atoms with van der Waals surface area (Å²) >= 11 is 1.81. The monoisotopic (exact) mass is 960 g/mol. The summed E-state index contributed by atoms with van der Waals surface area (Å²) < 4.78 is 7.24. The van der Waals surface area contributed by atoms with E-state index in [9.17, 15) is 0 Å². The van der Waals surface area contributed by atoms with Crippen LogP contribution in [0.15, 0.2) is 96.5 Å². The predicted octanol–water partition coefficient (Wildman–Crippen LogP) is 17.0. The molecule has 0 radical (unpaired) electrons. The summed E-state index contributed by atoms with van der Waals surface area (Å²) in [5.74, 6) is 3.35. The van der Waals surface area contributed by atoms with E-state index >= 15 is 0 Å². The third kappa shape index (κ3) is 11.5. The molecule has 6 heterocycles. The van der Waals surface area contributed by atoms with Gasteiger partial charge in [0.25, 0.3) is 0 Å². The molecule has 0 aliphatic carbocycles. The smallest absolute Gasteiger partial charge is 0.187 e. The molecule has 0 amide bonds. The van der Waals surface area contributed by atoms with Crippen LogP contribution in [0.3, 0.4) is 0 Å². The van der Waals surface area contributed by atoms with Crippen LogP contribution in [-0.2, 0) is 45.7 Å². The molecule has 10 heteroatoms. The quantitative estimate of drug-likeness (QED) is 0.166. The highest BCUT2D eigenvalue weighted by Gasteiger charge is 2.42. The Hall–Kier alpha value is -5.89. The number of aryl methyl sites for hydroxylation is 2. The van der Waals surface area contributed by atoms with Gasteiger partial charge in [-0.15, -0.1) is 0 Å². The van der Waals surface area contributed by atoms with Gasteiger partial charge in [-0.25, -0.2) is 29.5 Å². The maximum Gasteiger partial charge on any atom is 0.187 e. The van der Waals surface area contributed by atoms with E-state index in [1.807, 2.05) is 108 Å². The van der Waals surface area contributed by atoms with E-state index in [2.05, 4.69) is 158 Å². The first-order valence-electron chi connectivity index (χ1n) is 25.4. The van der Waals surface area contributed by atoms with Crippen LogP contribution < -0.4 is 0 Å². The molecule has 0 spiro atoms. The summed E-state index contributed by atoms with van der Waals surface area (Å²) in [6, 6.07) is 24.1. The minimum atomic E-state index is -0.0975. The average Bonchev–Trinajstić information content (AvgIpc) is 4.21. The normalized spacial score (nSPS) is 19.6. The summed E-state index contributed by atoms with van der Waals surface area (Å²) in [5.41, 5.74) is 9.67. The Labute approximate surface area is 427 Å². The fourth-order valence-corrected chi connectivity index (χ4v) is 10.9. The van der Waals surface area contributed by atoms with Crippen molar-refractivity contribution in [1.82, 2.24) is 28.7 Å². The summed E-state index contributed by atoms with van der Waals surface area (Å²) in [7, 11) is 0. The van der Waals surface area contributed by atoms with Crippen molar-refractivity contribution in [2.24, 2.45) is 0 Å². The molecule has 0 bridgehead atoms. The van der Waals surface area contributed by atoms with Crippen LogP contribution in [0, 0.1) is 19.7 Å². The van der Waals surface area contributed by atoms with Gasteiger partial charge in [0.1, 0.15) is 11.6 Å². The van der Waals surface area contributed by atoms with E-state index in [1.165, 1.54) is 45.4 Å². The SMILES string of the molecule is CC.CC.CC.[C-]#[N+]c1ccc(C2(C)CCCc3ncc(C(C)(C)C)n32)cc1.[C-]#[N+]c1ccc(C2(C)CCc3ncc(C(C)(C)C)n32)cc1.[C-]#[N+]c1ccc(C2(C)CSc3ncc(C(C)(C)C)n32)cc1. The first-order valence-corrected chi connectivity index (χ1v) is 26.4. The minimum absolute atomic E-state index is 0.0605. The lowest BCUT2D eigenvalue weighted by atomic mass is 9.81. The lowest BCUT2D eigenvalue weighted by Crippen LogP contribution is -2.39. The Morgan fingerprint density at radius 3 is 1.16 bits per heavy atom.